The monoisotopic (exact) mass is 378 g/mol. The van der Waals surface area contributed by atoms with E-state index in [2.05, 4.69) is 10.0 Å². The number of carbonyl (C=O) groups excluding carboxylic acids is 1. The van der Waals surface area contributed by atoms with Gasteiger partial charge in [0.25, 0.3) is 0 Å². The number of hydrogen-bond donors (Lipinski definition) is 2. The highest BCUT2D eigenvalue weighted by Gasteiger charge is 2.23. The van der Waals surface area contributed by atoms with Crippen molar-refractivity contribution >= 4 is 15.9 Å². The van der Waals surface area contributed by atoms with Crippen molar-refractivity contribution in [1.29, 1.82) is 0 Å². The average Bonchev–Trinajstić information content (AvgIpc) is 3.35. The Hall–Kier alpha value is -1.70. The number of sulfonamides is 1. The maximum absolute atomic E-state index is 12.3. The summed E-state index contributed by atoms with van der Waals surface area (Å²) in [6.07, 6.45) is 5.83. The highest BCUT2D eigenvalue weighted by Crippen LogP contribution is 2.35. The lowest BCUT2D eigenvalue weighted by molar-refractivity contribution is -0.116. The summed E-state index contributed by atoms with van der Waals surface area (Å²) >= 11 is 0. The van der Waals surface area contributed by atoms with E-state index in [-0.39, 0.29) is 16.9 Å². The highest BCUT2D eigenvalue weighted by atomic mass is 32.2. The quantitative estimate of drug-likeness (QED) is 0.679. The zero-order valence-corrected chi connectivity index (χ0v) is 15.8. The molecular weight excluding hydrogens is 352 g/mol. The van der Waals surface area contributed by atoms with Crippen molar-refractivity contribution in [2.24, 2.45) is 5.92 Å². The minimum Gasteiger partial charge on any atom is -0.377 e. The van der Waals surface area contributed by atoms with Crippen molar-refractivity contribution in [2.75, 3.05) is 13.2 Å². The smallest absolute Gasteiger partial charge is 0.244 e. The first-order valence-corrected chi connectivity index (χ1v) is 10.6. The van der Waals surface area contributed by atoms with E-state index in [4.69, 9.17) is 4.74 Å². The van der Waals surface area contributed by atoms with Crippen LogP contribution in [-0.2, 0) is 26.1 Å². The maximum atomic E-state index is 12.3. The summed E-state index contributed by atoms with van der Waals surface area (Å²) in [7, 11) is -3.54. The van der Waals surface area contributed by atoms with Gasteiger partial charge >= 0.3 is 0 Å². The fourth-order valence-corrected chi connectivity index (χ4v) is 4.05. The number of rotatable bonds is 8. The number of ether oxygens (including phenoxy) is 1. The van der Waals surface area contributed by atoms with E-state index < -0.39 is 10.0 Å². The Morgan fingerprint density at radius 2 is 1.96 bits per heavy atom. The van der Waals surface area contributed by atoms with E-state index in [1.54, 1.807) is 30.3 Å². The molecule has 1 heterocycles. The summed E-state index contributed by atoms with van der Waals surface area (Å²) in [5.74, 6) is 0.469. The van der Waals surface area contributed by atoms with E-state index in [1.165, 1.54) is 12.8 Å². The van der Waals surface area contributed by atoms with Gasteiger partial charge in [0.1, 0.15) is 0 Å². The van der Waals surface area contributed by atoms with E-state index in [1.807, 2.05) is 6.92 Å². The Kier molecular flexibility index (Phi) is 6.11. The Bertz CT molecular complexity index is 761. The second kappa shape index (κ2) is 8.33. The summed E-state index contributed by atoms with van der Waals surface area (Å²) in [6.45, 7) is 3.35. The first kappa shape index (κ1) is 19.1. The van der Waals surface area contributed by atoms with Gasteiger partial charge in [-0.25, -0.2) is 13.1 Å². The van der Waals surface area contributed by atoms with Crippen LogP contribution in [0.5, 0.6) is 0 Å². The Labute approximate surface area is 155 Å². The number of amides is 1. The van der Waals surface area contributed by atoms with Crippen molar-refractivity contribution in [3.63, 3.8) is 0 Å². The molecule has 3 rings (SSSR count). The minimum absolute atomic E-state index is 0.0357. The lowest BCUT2D eigenvalue weighted by Gasteiger charge is -2.12. The molecule has 1 saturated carbocycles. The van der Waals surface area contributed by atoms with Crippen LogP contribution in [0.15, 0.2) is 40.8 Å². The summed E-state index contributed by atoms with van der Waals surface area (Å²) in [5.41, 5.74) is 1.98. The zero-order valence-electron chi connectivity index (χ0n) is 15.0. The molecule has 1 aromatic carbocycles. The molecule has 0 radical (unpaired) electrons. The van der Waals surface area contributed by atoms with E-state index in [9.17, 15) is 13.2 Å². The lowest BCUT2D eigenvalue weighted by atomic mass is 10.2. The molecule has 1 amide bonds. The minimum atomic E-state index is -3.54. The third-order valence-electron chi connectivity index (χ3n) is 4.81. The molecule has 1 aliphatic carbocycles. The Morgan fingerprint density at radius 1 is 1.23 bits per heavy atom. The number of allylic oxidation sites excluding steroid dienone is 1. The standard InChI is InChI=1S/C19H26N2O4S/c1-14(16-6-7-16)11-19(22)20-12-15-4-8-18(9-5-15)26(23,24)21-13-17-3-2-10-25-17/h4-5,8-9,11,16-17,21H,2-3,6-7,10,12-13H2,1H3,(H,20,22)/b14-11-/t17-/m1/s1. The zero-order chi connectivity index (χ0) is 18.6. The summed E-state index contributed by atoms with van der Waals surface area (Å²) < 4.78 is 32.7. The van der Waals surface area contributed by atoms with Crippen LogP contribution in [0.4, 0.5) is 0 Å². The topological polar surface area (TPSA) is 84.5 Å². The van der Waals surface area contributed by atoms with Crippen LogP contribution in [0, 0.1) is 5.92 Å². The molecule has 1 saturated heterocycles. The van der Waals surface area contributed by atoms with Crippen molar-refractivity contribution in [2.45, 2.75) is 50.2 Å². The van der Waals surface area contributed by atoms with Crippen LogP contribution in [0.3, 0.4) is 0 Å². The second-order valence-electron chi connectivity index (χ2n) is 7.01. The van der Waals surface area contributed by atoms with Gasteiger partial charge in [-0.2, -0.15) is 0 Å². The fraction of sp³-hybridized carbons (Fsp3) is 0.526. The molecule has 1 aromatic rings. The van der Waals surface area contributed by atoms with E-state index in [0.717, 1.165) is 24.0 Å². The molecule has 142 valence electrons. The second-order valence-corrected chi connectivity index (χ2v) is 8.78. The van der Waals surface area contributed by atoms with Crippen LogP contribution in [0.25, 0.3) is 0 Å². The van der Waals surface area contributed by atoms with Gasteiger partial charge < -0.3 is 10.1 Å². The van der Waals surface area contributed by atoms with Gasteiger partial charge in [0, 0.05) is 25.8 Å². The average molecular weight is 378 g/mol. The number of nitrogens with one attached hydrogen (secondary N) is 2. The molecule has 0 aromatic heterocycles. The number of benzene rings is 1. The molecule has 1 aliphatic heterocycles. The predicted octanol–water partition coefficient (Wildman–Crippen LogP) is 2.12. The Morgan fingerprint density at radius 3 is 2.58 bits per heavy atom. The molecule has 0 bridgehead atoms. The van der Waals surface area contributed by atoms with Gasteiger partial charge in [-0.05, 0) is 56.2 Å². The molecule has 0 unspecified atom stereocenters. The molecule has 2 N–H and O–H groups in total. The van der Waals surface area contributed by atoms with Gasteiger partial charge in [0.05, 0.1) is 11.0 Å². The van der Waals surface area contributed by atoms with Crippen molar-refractivity contribution in [1.82, 2.24) is 10.0 Å². The van der Waals surface area contributed by atoms with Gasteiger partial charge in [0.2, 0.25) is 15.9 Å². The van der Waals surface area contributed by atoms with Crippen LogP contribution in [0.1, 0.15) is 38.2 Å². The van der Waals surface area contributed by atoms with Gasteiger partial charge in [-0.3, -0.25) is 4.79 Å². The highest BCUT2D eigenvalue weighted by molar-refractivity contribution is 7.89. The van der Waals surface area contributed by atoms with Crippen molar-refractivity contribution in [3.8, 4) is 0 Å². The molecule has 2 aliphatic rings. The number of carbonyl (C=O) groups is 1. The largest absolute Gasteiger partial charge is 0.377 e. The third-order valence-corrected chi connectivity index (χ3v) is 6.24. The molecule has 7 heteroatoms. The van der Waals surface area contributed by atoms with Crippen LogP contribution >= 0.6 is 0 Å². The van der Waals surface area contributed by atoms with Crippen LogP contribution < -0.4 is 10.0 Å². The third kappa shape index (κ3) is 5.40. The maximum Gasteiger partial charge on any atom is 0.244 e. The molecule has 0 spiro atoms. The molecule has 2 fully saturated rings. The Balaban J connectivity index is 1.50. The van der Waals surface area contributed by atoms with Gasteiger partial charge in [0.15, 0.2) is 0 Å². The van der Waals surface area contributed by atoms with Crippen molar-refractivity contribution in [3.05, 3.63) is 41.5 Å². The number of hydrogen-bond acceptors (Lipinski definition) is 4. The van der Waals surface area contributed by atoms with Crippen molar-refractivity contribution < 1.29 is 17.9 Å². The first-order chi connectivity index (χ1) is 12.4. The van der Waals surface area contributed by atoms with Crippen LogP contribution in [-0.4, -0.2) is 33.6 Å². The summed E-state index contributed by atoms with van der Waals surface area (Å²) in [4.78, 5) is 12.1. The van der Waals surface area contributed by atoms with Gasteiger partial charge in [-0.15, -0.1) is 0 Å². The van der Waals surface area contributed by atoms with Gasteiger partial charge in [-0.1, -0.05) is 17.7 Å². The predicted molar refractivity (Wildman–Crippen MR) is 98.9 cm³/mol. The van der Waals surface area contributed by atoms with E-state index >= 15 is 0 Å². The van der Waals surface area contributed by atoms with Crippen LogP contribution in [0.2, 0.25) is 0 Å². The molecule has 1 atom stereocenters. The first-order valence-electron chi connectivity index (χ1n) is 9.10. The lowest BCUT2D eigenvalue weighted by Crippen LogP contribution is -2.31. The summed E-state index contributed by atoms with van der Waals surface area (Å²) in [6, 6.07) is 6.56. The normalized spacial score (nSPS) is 21.0. The molecular formula is C19H26N2O4S. The SMILES string of the molecule is C/C(=C/C(=O)NCc1ccc(S(=O)(=O)NC[C@H]2CCCO2)cc1)C1CC1. The molecule has 26 heavy (non-hydrogen) atoms. The molecule has 6 nitrogen and oxygen atoms in total. The fourth-order valence-electron chi connectivity index (χ4n) is 2.98. The summed E-state index contributed by atoms with van der Waals surface area (Å²) in [5, 5.41) is 2.84. The van der Waals surface area contributed by atoms with E-state index in [0.29, 0.717) is 25.6 Å².